The first-order valence-electron chi connectivity index (χ1n) is 7.34. The zero-order chi connectivity index (χ0) is 15.5. The fourth-order valence-corrected chi connectivity index (χ4v) is 3.97. The highest BCUT2D eigenvalue weighted by atomic mass is 32.2. The highest BCUT2D eigenvalue weighted by Crippen LogP contribution is 2.39. The van der Waals surface area contributed by atoms with Crippen LogP contribution in [-0.2, 0) is 10.0 Å². The zero-order valence-electron chi connectivity index (χ0n) is 12.9. The van der Waals surface area contributed by atoms with Crippen molar-refractivity contribution in [2.45, 2.75) is 44.0 Å². The number of aryl methyl sites for hydroxylation is 1. The van der Waals surface area contributed by atoms with Crippen molar-refractivity contribution < 1.29 is 8.42 Å². The molecule has 1 heterocycles. The summed E-state index contributed by atoms with van der Waals surface area (Å²) in [7, 11) is -3.38. The molecule has 0 radical (unpaired) electrons. The van der Waals surface area contributed by atoms with Gasteiger partial charge in [0.05, 0.1) is 10.4 Å². The fourth-order valence-electron chi connectivity index (χ4n) is 2.19. The molecule has 114 valence electrons. The van der Waals surface area contributed by atoms with E-state index < -0.39 is 10.0 Å². The first kappa shape index (κ1) is 16.0. The minimum absolute atomic E-state index is 0.367. The van der Waals surface area contributed by atoms with Crippen LogP contribution in [0, 0.1) is 6.92 Å². The summed E-state index contributed by atoms with van der Waals surface area (Å²) in [6.07, 6.45) is 10.2. The van der Waals surface area contributed by atoms with Gasteiger partial charge in [0.1, 0.15) is 0 Å². The lowest BCUT2D eigenvalue weighted by Crippen LogP contribution is -2.19. The molecule has 0 amide bonds. The van der Waals surface area contributed by atoms with Crippen molar-refractivity contribution in [2.24, 2.45) is 0 Å². The van der Waals surface area contributed by atoms with Crippen molar-refractivity contribution in [3.05, 3.63) is 54.1 Å². The average molecular weight is 305 g/mol. The molecule has 3 nitrogen and oxygen atoms in total. The number of sulfonamides is 1. The third-order valence-electron chi connectivity index (χ3n) is 3.70. The van der Waals surface area contributed by atoms with Crippen LogP contribution in [0.2, 0.25) is 0 Å². The van der Waals surface area contributed by atoms with Crippen molar-refractivity contribution in [1.82, 2.24) is 4.31 Å². The van der Waals surface area contributed by atoms with Crippen LogP contribution in [0.4, 0.5) is 0 Å². The van der Waals surface area contributed by atoms with Crippen LogP contribution in [0.15, 0.2) is 53.5 Å². The number of allylic oxidation sites excluding steroid dienone is 3. The number of hydrogen-bond donors (Lipinski definition) is 0. The average Bonchev–Trinajstić information content (AvgIpc) is 3.12. The molecule has 4 heteroatoms. The molecule has 0 aliphatic carbocycles. The number of unbranched alkanes of at least 4 members (excludes halogenated alkanes) is 1. The fraction of sp³-hybridized carbons (Fsp3) is 0.412. The van der Waals surface area contributed by atoms with Gasteiger partial charge < -0.3 is 0 Å². The van der Waals surface area contributed by atoms with E-state index in [1.54, 1.807) is 12.1 Å². The molecule has 2 unspecified atom stereocenters. The first-order chi connectivity index (χ1) is 9.90. The van der Waals surface area contributed by atoms with E-state index in [1.807, 2.05) is 44.2 Å². The Morgan fingerprint density at radius 1 is 1.24 bits per heavy atom. The Morgan fingerprint density at radius 2 is 1.90 bits per heavy atom. The highest BCUT2D eigenvalue weighted by molar-refractivity contribution is 7.89. The van der Waals surface area contributed by atoms with Crippen LogP contribution in [0.1, 0.15) is 32.3 Å². The van der Waals surface area contributed by atoms with Gasteiger partial charge in [-0.2, -0.15) is 4.31 Å². The van der Waals surface area contributed by atoms with Crippen molar-refractivity contribution in [1.29, 1.82) is 0 Å². The lowest BCUT2D eigenvalue weighted by molar-refractivity contribution is 0.542. The molecule has 0 saturated carbocycles. The summed E-state index contributed by atoms with van der Waals surface area (Å²) in [5.74, 6) is 0. The maximum absolute atomic E-state index is 12.5. The van der Waals surface area contributed by atoms with Crippen molar-refractivity contribution in [3.63, 3.8) is 0 Å². The summed E-state index contributed by atoms with van der Waals surface area (Å²) in [4.78, 5) is 0.367. The topological polar surface area (TPSA) is 37.1 Å². The standard InChI is InChI=1S/C17H23NO2S/c1-4-5-6-7-8-13-17(3)14-18(17)21(19,20)16-11-9-15(2)10-12-16/h6-13H,4-5,14H2,1-3H3/b7-6+,13-8+. The molecule has 0 spiro atoms. The second kappa shape index (κ2) is 6.16. The van der Waals surface area contributed by atoms with Gasteiger partial charge in [-0.25, -0.2) is 8.42 Å². The predicted octanol–water partition coefficient (Wildman–Crippen LogP) is 3.67. The SMILES string of the molecule is CCC/C=C/C=C/C1(C)CN1S(=O)(=O)c1ccc(C)cc1. The van der Waals surface area contributed by atoms with E-state index >= 15 is 0 Å². The number of benzene rings is 1. The first-order valence-corrected chi connectivity index (χ1v) is 8.78. The third kappa shape index (κ3) is 3.63. The summed E-state index contributed by atoms with van der Waals surface area (Å²) in [5.41, 5.74) is 0.670. The Hall–Kier alpha value is -1.39. The molecule has 2 rings (SSSR count). The molecular weight excluding hydrogens is 282 g/mol. The Bertz CT molecular complexity index is 644. The molecule has 1 saturated heterocycles. The molecule has 1 fully saturated rings. The van der Waals surface area contributed by atoms with Gasteiger partial charge in [-0.1, -0.05) is 55.3 Å². The maximum atomic E-state index is 12.5. The van der Waals surface area contributed by atoms with Gasteiger partial charge in [-0.3, -0.25) is 0 Å². The van der Waals surface area contributed by atoms with E-state index in [-0.39, 0.29) is 5.54 Å². The lowest BCUT2D eigenvalue weighted by Gasteiger charge is -2.09. The summed E-state index contributed by atoms with van der Waals surface area (Å²) < 4.78 is 26.6. The molecule has 1 aliphatic rings. The molecule has 2 atom stereocenters. The quantitative estimate of drug-likeness (QED) is 0.594. The van der Waals surface area contributed by atoms with Crippen molar-refractivity contribution >= 4 is 10.0 Å². The number of nitrogens with zero attached hydrogens (tertiary/aromatic N) is 1. The van der Waals surface area contributed by atoms with E-state index in [9.17, 15) is 8.42 Å². The van der Waals surface area contributed by atoms with E-state index in [0.717, 1.165) is 18.4 Å². The zero-order valence-corrected chi connectivity index (χ0v) is 13.7. The van der Waals surface area contributed by atoms with Gasteiger partial charge in [0, 0.05) is 6.54 Å². The minimum Gasteiger partial charge on any atom is -0.207 e. The Kier molecular flexibility index (Phi) is 4.69. The second-order valence-electron chi connectivity index (χ2n) is 5.76. The van der Waals surface area contributed by atoms with Crippen LogP contribution < -0.4 is 0 Å². The molecular formula is C17H23NO2S. The smallest absolute Gasteiger partial charge is 0.207 e. The normalized spacial score (nSPS) is 25.8. The lowest BCUT2D eigenvalue weighted by atomic mass is 10.2. The van der Waals surface area contributed by atoms with E-state index in [0.29, 0.717) is 11.4 Å². The summed E-state index contributed by atoms with van der Waals surface area (Å²) >= 11 is 0. The molecule has 0 aromatic heterocycles. The molecule has 1 aromatic rings. The summed E-state index contributed by atoms with van der Waals surface area (Å²) in [6, 6.07) is 7.01. The van der Waals surface area contributed by atoms with E-state index in [4.69, 9.17) is 0 Å². The molecule has 1 aromatic carbocycles. The second-order valence-corrected chi connectivity index (χ2v) is 7.62. The van der Waals surface area contributed by atoms with Gasteiger partial charge in [0.15, 0.2) is 0 Å². The van der Waals surface area contributed by atoms with Crippen LogP contribution in [0.25, 0.3) is 0 Å². The van der Waals surface area contributed by atoms with Crippen LogP contribution >= 0.6 is 0 Å². The maximum Gasteiger partial charge on any atom is 0.243 e. The monoisotopic (exact) mass is 305 g/mol. The third-order valence-corrected chi connectivity index (χ3v) is 5.69. The van der Waals surface area contributed by atoms with Gasteiger partial charge in [0.2, 0.25) is 10.0 Å². The van der Waals surface area contributed by atoms with Crippen molar-refractivity contribution in [2.75, 3.05) is 6.54 Å². The van der Waals surface area contributed by atoms with Gasteiger partial charge in [-0.15, -0.1) is 0 Å². The predicted molar refractivity (Wildman–Crippen MR) is 86.7 cm³/mol. The number of rotatable bonds is 6. The van der Waals surface area contributed by atoms with Crippen LogP contribution in [0.3, 0.4) is 0 Å². The Labute approximate surface area is 128 Å². The van der Waals surface area contributed by atoms with Gasteiger partial charge in [0.25, 0.3) is 0 Å². The molecule has 21 heavy (non-hydrogen) atoms. The highest BCUT2D eigenvalue weighted by Gasteiger charge is 2.53. The molecule has 0 bridgehead atoms. The van der Waals surface area contributed by atoms with Crippen LogP contribution in [0.5, 0.6) is 0 Å². The summed E-state index contributed by atoms with van der Waals surface area (Å²) in [6.45, 7) is 6.57. The van der Waals surface area contributed by atoms with Crippen molar-refractivity contribution in [3.8, 4) is 0 Å². The van der Waals surface area contributed by atoms with Gasteiger partial charge >= 0.3 is 0 Å². The Balaban J connectivity index is 2.08. The molecule has 0 N–H and O–H groups in total. The van der Waals surface area contributed by atoms with E-state index in [2.05, 4.69) is 13.0 Å². The van der Waals surface area contributed by atoms with Gasteiger partial charge in [-0.05, 0) is 32.4 Å². The Morgan fingerprint density at radius 3 is 2.52 bits per heavy atom. The number of hydrogen-bond acceptors (Lipinski definition) is 2. The molecule has 1 aliphatic heterocycles. The van der Waals surface area contributed by atoms with E-state index in [1.165, 1.54) is 4.31 Å². The van der Waals surface area contributed by atoms with Crippen LogP contribution in [-0.4, -0.2) is 24.8 Å². The minimum atomic E-state index is -3.38. The largest absolute Gasteiger partial charge is 0.243 e. The summed E-state index contributed by atoms with van der Waals surface area (Å²) in [5, 5.41) is 0.